The number of carbonyl (C=O) groups is 2. The van der Waals surface area contributed by atoms with Crippen LogP contribution in [0.5, 0.6) is 0 Å². The van der Waals surface area contributed by atoms with Crippen molar-refractivity contribution >= 4 is 51.3 Å². The molecule has 1 aliphatic heterocycles. The lowest BCUT2D eigenvalue weighted by Gasteiger charge is -2.26. The van der Waals surface area contributed by atoms with Crippen LogP contribution in [-0.4, -0.2) is 62.8 Å². The minimum Gasteiger partial charge on any atom is -0.332 e. The molecule has 7 nitrogen and oxygen atoms in total. The van der Waals surface area contributed by atoms with Crippen LogP contribution >= 0.6 is 24.0 Å². The fraction of sp³-hybridized carbons (Fsp3) is 0.500. The maximum Gasteiger partial charge on any atom is 0.249 e. The van der Waals surface area contributed by atoms with E-state index in [1.165, 1.54) is 11.9 Å². The van der Waals surface area contributed by atoms with Crippen LogP contribution in [0.25, 0.3) is 0 Å². The summed E-state index contributed by atoms with van der Waals surface area (Å²) in [6.07, 6.45) is 1.58. The van der Waals surface area contributed by atoms with Gasteiger partial charge in [0.05, 0.1) is 22.5 Å². The summed E-state index contributed by atoms with van der Waals surface area (Å²) in [5.74, 6) is -0.833. The lowest BCUT2D eigenvalue weighted by molar-refractivity contribution is -0.137. The first-order valence-corrected chi connectivity index (χ1v) is 10.3. The van der Waals surface area contributed by atoms with Crippen LogP contribution in [0.4, 0.5) is 5.69 Å². The standard InChI is InChI=1S/C16H22ClN3O4S.ClH/c1-19(15(21)12(18)8-10-25(2,23)24)14-7-9-20(16(14)22)13-6-4-3-5-11(13)17;/h3-6,12,14H,7-10,18H2,1-2H3;1H. The molecule has 2 amide bonds. The van der Waals surface area contributed by atoms with Crippen LogP contribution < -0.4 is 10.6 Å². The van der Waals surface area contributed by atoms with Gasteiger partial charge in [0.1, 0.15) is 15.9 Å². The molecule has 2 unspecified atom stereocenters. The highest BCUT2D eigenvalue weighted by Crippen LogP contribution is 2.30. The van der Waals surface area contributed by atoms with Gasteiger partial charge in [-0.2, -0.15) is 0 Å². The first-order chi connectivity index (χ1) is 11.6. The highest BCUT2D eigenvalue weighted by Gasteiger charge is 2.38. The molecule has 0 radical (unpaired) electrons. The van der Waals surface area contributed by atoms with E-state index in [1.807, 2.05) is 0 Å². The largest absolute Gasteiger partial charge is 0.332 e. The van der Waals surface area contributed by atoms with E-state index in [0.717, 1.165) is 6.26 Å². The Balaban J connectivity index is 0.00000338. The molecule has 1 saturated heterocycles. The second kappa shape index (κ2) is 9.03. The van der Waals surface area contributed by atoms with Crippen molar-refractivity contribution in [1.29, 1.82) is 0 Å². The van der Waals surface area contributed by atoms with Gasteiger partial charge in [-0.05, 0) is 25.0 Å². The van der Waals surface area contributed by atoms with Crippen LogP contribution in [0.3, 0.4) is 0 Å². The smallest absolute Gasteiger partial charge is 0.249 e. The van der Waals surface area contributed by atoms with Crippen molar-refractivity contribution in [3.05, 3.63) is 29.3 Å². The Morgan fingerprint density at radius 1 is 1.42 bits per heavy atom. The Morgan fingerprint density at radius 3 is 2.62 bits per heavy atom. The van der Waals surface area contributed by atoms with Gasteiger partial charge in [0, 0.05) is 19.8 Å². The zero-order valence-electron chi connectivity index (χ0n) is 14.6. The number of benzene rings is 1. The molecule has 1 aromatic rings. The van der Waals surface area contributed by atoms with Gasteiger partial charge in [-0.3, -0.25) is 9.59 Å². The van der Waals surface area contributed by atoms with Crippen molar-refractivity contribution in [2.24, 2.45) is 5.73 Å². The molecule has 2 rings (SSSR count). The third-order valence-electron chi connectivity index (χ3n) is 4.25. The van der Waals surface area contributed by atoms with E-state index in [0.29, 0.717) is 23.7 Å². The number of anilines is 1. The van der Waals surface area contributed by atoms with E-state index in [4.69, 9.17) is 17.3 Å². The molecule has 0 aromatic heterocycles. The molecule has 2 atom stereocenters. The molecule has 0 saturated carbocycles. The molecular formula is C16H23Cl2N3O4S. The number of carbonyl (C=O) groups excluding carboxylic acids is 2. The number of hydrogen-bond acceptors (Lipinski definition) is 5. The van der Waals surface area contributed by atoms with Gasteiger partial charge >= 0.3 is 0 Å². The molecular weight excluding hydrogens is 401 g/mol. The minimum absolute atomic E-state index is 0. The topological polar surface area (TPSA) is 101 Å². The summed E-state index contributed by atoms with van der Waals surface area (Å²) >= 11 is 6.14. The summed E-state index contributed by atoms with van der Waals surface area (Å²) < 4.78 is 22.4. The summed E-state index contributed by atoms with van der Waals surface area (Å²) in [5, 5.41) is 0.468. The van der Waals surface area contributed by atoms with Gasteiger partial charge in [0.25, 0.3) is 0 Å². The molecule has 1 heterocycles. The van der Waals surface area contributed by atoms with E-state index in [-0.39, 0.29) is 30.5 Å². The summed E-state index contributed by atoms with van der Waals surface area (Å²) in [5.41, 5.74) is 6.42. The summed E-state index contributed by atoms with van der Waals surface area (Å²) in [4.78, 5) is 28.0. The molecule has 146 valence electrons. The van der Waals surface area contributed by atoms with Crippen LogP contribution in [0.15, 0.2) is 24.3 Å². The van der Waals surface area contributed by atoms with E-state index in [2.05, 4.69) is 0 Å². The van der Waals surface area contributed by atoms with Gasteiger partial charge < -0.3 is 15.5 Å². The number of halogens is 2. The van der Waals surface area contributed by atoms with Crippen LogP contribution in [0.1, 0.15) is 12.8 Å². The van der Waals surface area contributed by atoms with E-state index in [9.17, 15) is 18.0 Å². The van der Waals surface area contributed by atoms with Crippen LogP contribution in [0.2, 0.25) is 5.02 Å². The first kappa shape index (κ1) is 22.7. The van der Waals surface area contributed by atoms with Crippen molar-refractivity contribution in [2.75, 3.05) is 30.5 Å². The van der Waals surface area contributed by atoms with Crippen molar-refractivity contribution in [3.8, 4) is 0 Å². The predicted octanol–water partition coefficient (Wildman–Crippen LogP) is 1.09. The molecule has 0 bridgehead atoms. The third kappa shape index (κ3) is 5.33. The van der Waals surface area contributed by atoms with Gasteiger partial charge in [0.2, 0.25) is 11.8 Å². The number of sulfone groups is 1. The van der Waals surface area contributed by atoms with E-state index in [1.54, 1.807) is 29.2 Å². The second-order valence-electron chi connectivity index (χ2n) is 6.22. The Bertz CT molecular complexity index is 773. The zero-order chi connectivity index (χ0) is 18.8. The lowest BCUT2D eigenvalue weighted by atomic mass is 10.1. The fourth-order valence-corrected chi connectivity index (χ4v) is 3.73. The maximum atomic E-state index is 12.7. The van der Waals surface area contributed by atoms with Gasteiger partial charge in [-0.1, -0.05) is 23.7 Å². The molecule has 0 spiro atoms. The van der Waals surface area contributed by atoms with Crippen LogP contribution in [0, 0.1) is 0 Å². The number of nitrogens with zero attached hydrogens (tertiary/aromatic N) is 2. The van der Waals surface area contributed by atoms with E-state index < -0.39 is 27.8 Å². The molecule has 1 aliphatic rings. The Labute approximate surface area is 164 Å². The fourth-order valence-electron chi connectivity index (χ4n) is 2.81. The quantitative estimate of drug-likeness (QED) is 0.737. The normalized spacial score (nSPS) is 18.4. The number of rotatable bonds is 6. The highest BCUT2D eigenvalue weighted by molar-refractivity contribution is 7.90. The molecule has 10 heteroatoms. The van der Waals surface area contributed by atoms with Crippen molar-refractivity contribution in [2.45, 2.75) is 24.9 Å². The summed E-state index contributed by atoms with van der Waals surface area (Å²) in [6.45, 7) is 0.448. The lowest BCUT2D eigenvalue weighted by Crippen LogP contribution is -2.49. The zero-order valence-corrected chi connectivity index (χ0v) is 17.0. The minimum atomic E-state index is -3.20. The number of amides is 2. The molecule has 1 aromatic carbocycles. The summed E-state index contributed by atoms with van der Waals surface area (Å²) in [7, 11) is -1.68. The van der Waals surface area contributed by atoms with Gasteiger partial charge in [-0.25, -0.2) is 8.42 Å². The maximum absolute atomic E-state index is 12.7. The second-order valence-corrected chi connectivity index (χ2v) is 8.89. The molecule has 0 aliphatic carbocycles. The summed E-state index contributed by atoms with van der Waals surface area (Å²) in [6, 6.07) is 5.43. The van der Waals surface area contributed by atoms with Crippen molar-refractivity contribution < 1.29 is 18.0 Å². The van der Waals surface area contributed by atoms with Gasteiger partial charge in [0.15, 0.2) is 0 Å². The third-order valence-corrected chi connectivity index (χ3v) is 5.55. The molecule has 2 N–H and O–H groups in total. The highest BCUT2D eigenvalue weighted by atomic mass is 35.5. The number of para-hydroxylation sites is 1. The average molecular weight is 424 g/mol. The first-order valence-electron chi connectivity index (χ1n) is 7.87. The van der Waals surface area contributed by atoms with Crippen molar-refractivity contribution in [1.82, 2.24) is 4.90 Å². The molecule has 1 fully saturated rings. The number of likely N-dealkylation sites (N-methyl/N-ethyl adjacent to an activating group) is 1. The average Bonchev–Trinajstić information content (AvgIpc) is 2.92. The Kier molecular flexibility index (Phi) is 7.88. The van der Waals surface area contributed by atoms with Gasteiger partial charge in [-0.15, -0.1) is 12.4 Å². The van der Waals surface area contributed by atoms with E-state index >= 15 is 0 Å². The Morgan fingerprint density at radius 2 is 2.04 bits per heavy atom. The molecule has 26 heavy (non-hydrogen) atoms. The predicted molar refractivity (Wildman–Crippen MR) is 105 cm³/mol. The monoisotopic (exact) mass is 423 g/mol. The van der Waals surface area contributed by atoms with Crippen molar-refractivity contribution in [3.63, 3.8) is 0 Å². The number of hydrogen-bond donors (Lipinski definition) is 1. The number of nitrogens with two attached hydrogens (primary N) is 1. The Hall–Kier alpha value is -1.35. The SMILES string of the molecule is CN(C(=O)C(N)CCS(C)(=O)=O)C1CCN(c2ccccc2Cl)C1=O.Cl. The van der Waals surface area contributed by atoms with Crippen LogP contribution in [-0.2, 0) is 19.4 Å².